The number of anilines is 1. The monoisotopic (exact) mass is 373 g/mol. The molecule has 0 saturated carbocycles. The number of hydrogen-bond acceptors (Lipinski definition) is 6. The van der Waals surface area contributed by atoms with Crippen LogP contribution >= 0.6 is 11.8 Å². The zero-order valence-electron chi connectivity index (χ0n) is 14.3. The Hall–Kier alpha value is -2.81. The summed E-state index contributed by atoms with van der Waals surface area (Å²) in [5, 5.41) is 9.12. The number of pyridine rings is 1. The van der Waals surface area contributed by atoms with Crippen molar-refractivity contribution in [2.75, 3.05) is 23.4 Å². The zero-order chi connectivity index (χ0) is 18.4. The third-order valence-corrected chi connectivity index (χ3v) is 4.41. The van der Waals surface area contributed by atoms with E-state index in [0.717, 1.165) is 11.3 Å². The summed E-state index contributed by atoms with van der Waals surface area (Å²) in [5.74, 6) is 1.06. The Morgan fingerprint density at radius 2 is 2.12 bits per heavy atom. The number of hydrogen-bond donors (Lipinski definition) is 2. The standard InChI is InChI=1S/C17H19N5O3S/c1-12-8-14(21-25-12)20-17(24)11-26-10-16(23)18-6-5-13-9-22-7-3-2-4-15(22)19-13/h2-4,7-9H,5-6,10-11H2,1H3,(H,18,23)(H,20,21,24). The minimum atomic E-state index is -0.221. The Kier molecular flexibility index (Phi) is 5.90. The van der Waals surface area contributed by atoms with E-state index in [1.807, 2.05) is 35.0 Å². The quantitative estimate of drug-likeness (QED) is 0.623. The first kappa shape index (κ1) is 18.0. The van der Waals surface area contributed by atoms with E-state index in [9.17, 15) is 9.59 Å². The zero-order valence-corrected chi connectivity index (χ0v) is 15.1. The predicted molar refractivity (Wildman–Crippen MR) is 99.1 cm³/mol. The van der Waals surface area contributed by atoms with Gasteiger partial charge in [0.05, 0.1) is 17.2 Å². The van der Waals surface area contributed by atoms with Gasteiger partial charge in [-0.2, -0.15) is 0 Å². The predicted octanol–water partition coefficient (Wildman–Crippen LogP) is 1.66. The van der Waals surface area contributed by atoms with Crippen LogP contribution in [-0.2, 0) is 16.0 Å². The number of imidazole rings is 1. The largest absolute Gasteiger partial charge is 0.360 e. The molecule has 0 bridgehead atoms. The van der Waals surface area contributed by atoms with Crippen LogP contribution in [0.2, 0.25) is 0 Å². The van der Waals surface area contributed by atoms with Crippen LogP contribution in [0.3, 0.4) is 0 Å². The second-order valence-electron chi connectivity index (χ2n) is 5.66. The molecule has 0 aromatic carbocycles. The van der Waals surface area contributed by atoms with Gasteiger partial charge in [0.2, 0.25) is 11.8 Å². The summed E-state index contributed by atoms with van der Waals surface area (Å²) < 4.78 is 6.81. The van der Waals surface area contributed by atoms with Gasteiger partial charge in [-0.25, -0.2) is 4.98 Å². The summed E-state index contributed by atoms with van der Waals surface area (Å²) in [6.07, 6.45) is 4.54. The second-order valence-corrected chi connectivity index (χ2v) is 6.65. The summed E-state index contributed by atoms with van der Waals surface area (Å²) in [7, 11) is 0. The van der Waals surface area contributed by atoms with Crippen molar-refractivity contribution in [3.63, 3.8) is 0 Å². The van der Waals surface area contributed by atoms with Gasteiger partial charge in [0.25, 0.3) is 0 Å². The molecule has 0 fully saturated rings. The summed E-state index contributed by atoms with van der Waals surface area (Å²) in [6.45, 7) is 2.25. The first-order valence-electron chi connectivity index (χ1n) is 8.10. The topological polar surface area (TPSA) is 102 Å². The number of nitrogens with one attached hydrogen (secondary N) is 2. The van der Waals surface area contributed by atoms with E-state index in [1.54, 1.807) is 13.0 Å². The second kappa shape index (κ2) is 8.52. The molecular formula is C17H19N5O3S. The highest BCUT2D eigenvalue weighted by Crippen LogP contribution is 2.08. The van der Waals surface area contributed by atoms with Gasteiger partial charge >= 0.3 is 0 Å². The van der Waals surface area contributed by atoms with Gasteiger partial charge in [0.1, 0.15) is 11.4 Å². The molecule has 0 saturated heterocycles. The molecule has 0 aliphatic rings. The van der Waals surface area contributed by atoms with E-state index >= 15 is 0 Å². The van der Waals surface area contributed by atoms with E-state index in [2.05, 4.69) is 20.8 Å². The SMILES string of the molecule is Cc1cc(NC(=O)CSCC(=O)NCCc2cn3ccccc3n2)no1. The molecule has 2 amide bonds. The van der Waals surface area contributed by atoms with Crippen molar-refractivity contribution >= 4 is 35.0 Å². The fourth-order valence-corrected chi connectivity index (χ4v) is 2.98. The van der Waals surface area contributed by atoms with Gasteiger partial charge in [-0.1, -0.05) is 11.2 Å². The molecule has 26 heavy (non-hydrogen) atoms. The third-order valence-electron chi connectivity index (χ3n) is 3.48. The number of aryl methyl sites for hydroxylation is 1. The fraction of sp³-hybridized carbons (Fsp3) is 0.294. The number of nitrogens with zero attached hydrogens (tertiary/aromatic N) is 3. The molecule has 3 aromatic heterocycles. The molecule has 2 N–H and O–H groups in total. The molecule has 3 rings (SSSR count). The van der Waals surface area contributed by atoms with Gasteiger partial charge in [-0.3, -0.25) is 9.59 Å². The average molecular weight is 373 g/mol. The lowest BCUT2D eigenvalue weighted by molar-refractivity contribution is -0.118. The maximum Gasteiger partial charge on any atom is 0.235 e. The maximum atomic E-state index is 11.8. The van der Waals surface area contributed by atoms with Gasteiger partial charge in [0.15, 0.2) is 5.82 Å². The molecule has 3 aromatic rings. The lowest BCUT2D eigenvalue weighted by Crippen LogP contribution is -2.28. The smallest absolute Gasteiger partial charge is 0.235 e. The number of aromatic nitrogens is 3. The Morgan fingerprint density at radius 1 is 1.27 bits per heavy atom. The Morgan fingerprint density at radius 3 is 2.88 bits per heavy atom. The fourth-order valence-electron chi connectivity index (χ4n) is 2.33. The van der Waals surface area contributed by atoms with Crippen LogP contribution in [0.25, 0.3) is 5.65 Å². The van der Waals surface area contributed by atoms with Crippen molar-refractivity contribution in [1.82, 2.24) is 19.9 Å². The number of amides is 2. The Bertz CT molecular complexity index is 872. The third kappa shape index (κ3) is 5.09. The van der Waals surface area contributed by atoms with E-state index in [1.165, 1.54) is 11.8 Å². The highest BCUT2D eigenvalue weighted by atomic mass is 32.2. The minimum absolute atomic E-state index is 0.108. The average Bonchev–Trinajstić information content (AvgIpc) is 3.20. The van der Waals surface area contributed by atoms with Gasteiger partial charge < -0.3 is 19.6 Å². The number of thioether (sulfide) groups is 1. The van der Waals surface area contributed by atoms with Crippen LogP contribution in [0, 0.1) is 6.92 Å². The molecule has 0 aliphatic heterocycles. The van der Waals surface area contributed by atoms with Crippen molar-refractivity contribution in [1.29, 1.82) is 0 Å². The first-order valence-corrected chi connectivity index (χ1v) is 9.26. The molecule has 0 unspecified atom stereocenters. The van der Waals surface area contributed by atoms with Crippen molar-refractivity contribution in [2.45, 2.75) is 13.3 Å². The highest BCUT2D eigenvalue weighted by Gasteiger charge is 2.08. The van der Waals surface area contributed by atoms with Crippen molar-refractivity contribution in [3.05, 3.63) is 48.1 Å². The van der Waals surface area contributed by atoms with Crippen LogP contribution < -0.4 is 10.6 Å². The van der Waals surface area contributed by atoms with Crippen molar-refractivity contribution in [3.8, 4) is 0 Å². The number of carbonyl (C=O) groups is 2. The van der Waals surface area contributed by atoms with Crippen LogP contribution in [0.4, 0.5) is 5.82 Å². The number of rotatable bonds is 8. The van der Waals surface area contributed by atoms with Crippen LogP contribution in [0.1, 0.15) is 11.5 Å². The lowest BCUT2D eigenvalue weighted by Gasteiger charge is -2.04. The van der Waals surface area contributed by atoms with Crippen LogP contribution in [0.15, 0.2) is 41.2 Å². The number of fused-ring (bicyclic) bond motifs is 1. The summed E-state index contributed by atoms with van der Waals surface area (Å²) in [5.41, 5.74) is 1.81. The number of carbonyl (C=O) groups excluding carboxylic acids is 2. The molecule has 3 heterocycles. The van der Waals surface area contributed by atoms with E-state index in [0.29, 0.717) is 24.5 Å². The van der Waals surface area contributed by atoms with Crippen molar-refractivity contribution in [2.24, 2.45) is 0 Å². The summed E-state index contributed by atoms with van der Waals surface area (Å²) >= 11 is 1.24. The highest BCUT2D eigenvalue weighted by molar-refractivity contribution is 8.00. The molecular weight excluding hydrogens is 354 g/mol. The van der Waals surface area contributed by atoms with Crippen molar-refractivity contribution < 1.29 is 14.1 Å². The molecule has 0 radical (unpaired) electrons. The molecule has 8 nitrogen and oxygen atoms in total. The normalized spacial score (nSPS) is 10.8. The first-order chi connectivity index (χ1) is 12.6. The minimum Gasteiger partial charge on any atom is -0.360 e. The van der Waals surface area contributed by atoms with E-state index < -0.39 is 0 Å². The van der Waals surface area contributed by atoms with Gasteiger partial charge in [-0.05, 0) is 19.1 Å². The Labute approximate surface area is 154 Å². The van der Waals surface area contributed by atoms with Crippen LogP contribution in [0.5, 0.6) is 0 Å². The Balaban J connectivity index is 1.32. The lowest BCUT2D eigenvalue weighted by atomic mass is 10.3. The molecule has 0 aliphatic carbocycles. The summed E-state index contributed by atoms with van der Waals surface area (Å²) in [4.78, 5) is 28.0. The van der Waals surface area contributed by atoms with E-state index in [-0.39, 0.29) is 23.3 Å². The maximum absolute atomic E-state index is 11.8. The molecule has 0 spiro atoms. The summed E-state index contributed by atoms with van der Waals surface area (Å²) in [6, 6.07) is 7.45. The molecule has 9 heteroatoms. The van der Waals surface area contributed by atoms with E-state index in [4.69, 9.17) is 4.52 Å². The van der Waals surface area contributed by atoms with Gasteiger partial charge in [-0.15, -0.1) is 11.8 Å². The van der Waals surface area contributed by atoms with Gasteiger partial charge in [0, 0.05) is 31.4 Å². The molecule has 136 valence electrons. The van der Waals surface area contributed by atoms with Crippen LogP contribution in [-0.4, -0.2) is 44.4 Å². The molecule has 0 atom stereocenters.